The Balaban J connectivity index is 2.15. The van der Waals surface area contributed by atoms with Crippen LogP contribution in [0, 0.1) is 5.82 Å². The first kappa shape index (κ1) is 17.4. The molecule has 0 saturated carbocycles. The van der Waals surface area contributed by atoms with Gasteiger partial charge in [0, 0.05) is 18.8 Å². The number of nitrogens with one attached hydrogen (secondary N) is 1. The van der Waals surface area contributed by atoms with E-state index in [1.807, 2.05) is 13.0 Å². The van der Waals surface area contributed by atoms with Crippen LogP contribution in [-0.2, 0) is 16.4 Å². The summed E-state index contributed by atoms with van der Waals surface area (Å²) in [5.74, 6) is 0.0560. The molecular formula is C17H20FNO3S. The van der Waals surface area contributed by atoms with Gasteiger partial charge in [0.25, 0.3) is 0 Å². The van der Waals surface area contributed by atoms with E-state index in [4.69, 9.17) is 4.74 Å². The first-order chi connectivity index (χ1) is 10.8. The zero-order valence-corrected chi connectivity index (χ0v) is 14.2. The largest absolute Gasteiger partial charge is 0.495 e. The van der Waals surface area contributed by atoms with Gasteiger partial charge in [-0.2, -0.15) is 0 Å². The predicted octanol–water partition coefficient (Wildman–Crippen LogP) is 3.09. The maximum Gasteiger partial charge on any atom is 0.179 e. The molecule has 0 spiro atoms. The van der Waals surface area contributed by atoms with Crippen molar-refractivity contribution in [3.05, 3.63) is 59.4 Å². The van der Waals surface area contributed by atoms with E-state index in [-0.39, 0.29) is 16.8 Å². The number of hydrogen-bond acceptors (Lipinski definition) is 4. The van der Waals surface area contributed by atoms with Crippen LogP contribution in [0.1, 0.15) is 24.1 Å². The third-order valence-electron chi connectivity index (χ3n) is 3.59. The molecule has 0 aliphatic carbocycles. The molecule has 0 aliphatic rings. The minimum Gasteiger partial charge on any atom is -0.495 e. The van der Waals surface area contributed by atoms with E-state index >= 15 is 0 Å². The maximum atomic E-state index is 13.2. The van der Waals surface area contributed by atoms with Crippen molar-refractivity contribution in [1.82, 2.24) is 5.32 Å². The summed E-state index contributed by atoms with van der Waals surface area (Å²) >= 11 is 0. The topological polar surface area (TPSA) is 55.4 Å². The lowest BCUT2D eigenvalue weighted by molar-refractivity contribution is 0.401. The second kappa shape index (κ2) is 7.10. The SMILES string of the molecule is COc1cc([C@@H](C)NCc2cccc(F)c2)ccc1S(C)(=O)=O. The van der Waals surface area contributed by atoms with Crippen LogP contribution in [0.25, 0.3) is 0 Å². The zero-order chi connectivity index (χ0) is 17.0. The van der Waals surface area contributed by atoms with Crippen LogP contribution < -0.4 is 10.1 Å². The monoisotopic (exact) mass is 337 g/mol. The van der Waals surface area contributed by atoms with Crippen molar-refractivity contribution in [2.45, 2.75) is 24.4 Å². The molecule has 1 atom stereocenters. The Kier molecular flexibility index (Phi) is 5.38. The van der Waals surface area contributed by atoms with Gasteiger partial charge < -0.3 is 10.1 Å². The molecule has 6 heteroatoms. The normalized spacial score (nSPS) is 12.9. The molecule has 23 heavy (non-hydrogen) atoms. The van der Waals surface area contributed by atoms with Gasteiger partial charge >= 0.3 is 0 Å². The molecule has 4 nitrogen and oxygen atoms in total. The standard InChI is InChI=1S/C17H20FNO3S/c1-12(19-11-13-5-4-6-15(18)9-13)14-7-8-17(23(3,20)21)16(10-14)22-2/h4-10,12,19H,11H2,1-3H3/t12-/m1/s1. The molecule has 0 bridgehead atoms. The van der Waals surface area contributed by atoms with Crippen LogP contribution in [0.5, 0.6) is 5.75 Å². The van der Waals surface area contributed by atoms with E-state index in [9.17, 15) is 12.8 Å². The van der Waals surface area contributed by atoms with Gasteiger partial charge in [0.05, 0.1) is 7.11 Å². The molecule has 0 amide bonds. The third kappa shape index (κ3) is 4.53. The molecule has 0 saturated heterocycles. The molecule has 0 heterocycles. The van der Waals surface area contributed by atoms with Crippen molar-refractivity contribution < 1.29 is 17.5 Å². The molecule has 2 aromatic carbocycles. The van der Waals surface area contributed by atoms with Crippen molar-refractivity contribution in [3.8, 4) is 5.75 Å². The van der Waals surface area contributed by atoms with Gasteiger partial charge in [0.1, 0.15) is 16.5 Å². The quantitative estimate of drug-likeness (QED) is 0.880. The number of ether oxygens (including phenoxy) is 1. The van der Waals surface area contributed by atoms with Crippen molar-refractivity contribution in [2.75, 3.05) is 13.4 Å². The average molecular weight is 337 g/mol. The number of halogens is 1. The Bertz CT molecular complexity index is 790. The van der Waals surface area contributed by atoms with Gasteiger partial charge in [-0.15, -0.1) is 0 Å². The molecule has 0 aliphatic heterocycles. The molecular weight excluding hydrogens is 317 g/mol. The summed E-state index contributed by atoms with van der Waals surface area (Å²) in [4.78, 5) is 0.168. The minimum absolute atomic E-state index is 0.0409. The molecule has 2 rings (SSSR count). The van der Waals surface area contributed by atoms with E-state index < -0.39 is 9.84 Å². The Hall–Kier alpha value is -1.92. The Morgan fingerprint density at radius 3 is 2.57 bits per heavy atom. The van der Waals surface area contributed by atoms with Crippen LogP contribution in [0.15, 0.2) is 47.4 Å². The van der Waals surface area contributed by atoms with Crippen molar-refractivity contribution >= 4 is 9.84 Å². The second-order valence-corrected chi connectivity index (χ2v) is 7.40. The van der Waals surface area contributed by atoms with Gasteiger partial charge in [0.15, 0.2) is 9.84 Å². The fraction of sp³-hybridized carbons (Fsp3) is 0.294. The summed E-state index contributed by atoms with van der Waals surface area (Å²) in [7, 11) is -1.89. The molecule has 1 N–H and O–H groups in total. The van der Waals surface area contributed by atoms with Crippen LogP contribution in [0.3, 0.4) is 0 Å². The number of hydrogen-bond donors (Lipinski definition) is 1. The van der Waals surface area contributed by atoms with Gasteiger partial charge in [-0.25, -0.2) is 12.8 Å². The lowest BCUT2D eigenvalue weighted by atomic mass is 10.1. The lowest BCUT2D eigenvalue weighted by Crippen LogP contribution is -2.18. The highest BCUT2D eigenvalue weighted by molar-refractivity contribution is 7.90. The van der Waals surface area contributed by atoms with Crippen molar-refractivity contribution in [2.24, 2.45) is 0 Å². The summed E-state index contributed by atoms with van der Waals surface area (Å²) in [5, 5.41) is 3.28. The molecule has 0 aromatic heterocycles. The van der Waals surface area contributed by atoms with Gasteiger partial charge in [-0.1, -0.05) is 18.2 Å². The van der Waals surface area contributed by atoms with Crippen LogP contribution in [-0.4, -0.2) is 21.8 Å². The van der Waals surface area contributed by atoms with Crippen LogP contribution >= 0.6 is 0 Å². The van der Waals surface area contributed by atoms with E-state index in [1.165, 1.54) is 19.2 Å². The van der Waals surface area contributed by atoms with Crippen LogP contribution in [0.2, 0.25) is 0 Å². The van der Waals surface area contributed by atoms with Crippen molar-refractivity contribution in [3.63, 3.8) is 0 Å². The van der Waals surface area contributed by atoms with E-state index in [2.05, 4.69) is 5.32 Å². The van der Waals surface area contributed by atoms with Gasteiger partial charge in [-0.3, -0.25) is 0 Å². The first-order valence-corrected chi connectivity index (χ1v) is 9.06. The molecule has 0 radical (unpaired) electrons. The van der Waals surface area contributed by atoms with E-state index in [1.54, 1.807) is 24.3 Å². The van der Waals surface area contributed by atoms with Crippen molar-refractivity contribution in [1.29, 1.82) is 0 Å². The number of sulfone groups is 1. The molecule has 2 aromatic rings. The summed E-state index contributed by atoms with van der Waals surface area (Å²) < 4.78 is 41.8. The minimum atomic E-state index is -3.34. The molecule has 0 fully saturated rings. The smallest absolute Gasteiger partial charge is 0.179 e. The summed E-state index contributed by atoms with van der Waals surface area (Å²) in [6.45, 7) is 2.46. The Morgan fingerprint density at radius 1 is 1.22 bits per heavy atom. The lowest BCUT2D eigenvalue weighted by Gasteiger charge is -2.16. The Labute approximate surface area is 136 Å². The number of benzene rings is 2. The third-order valence-corrected chi connectivity index (χ3v) is 4.72. The maximum absolute atomic E-state index is 13.2. The highest BCUT2D eigenvalue weighted by Crippen LogP contribution is 2.27. The highest BCUT2D eigenvalue weighted by atomic mass is 32.2. The second-order valence-electron chi connectivity index (χ2n) is 5.41. The van der Waals surface area contributed by atoms with Gasteiger partial charge in [-0.05, 0) is 42.3 Å². The molecule has 0 unspecified atom stereocenters. The average Bonchev–Trinajstić information content (AvgIpc) is 2.51. The molecule has 124 valence electrons. The van der Waals surface area contributed by atoms with Gasteiger partial charge in [0.2, 0.25) is 0 Å². The fourth-order valence-corrected chi connectivity index (χ4v) is 3.12. The highest BCUT2D eigenvalue weighted by Gasteiger charge is 2.16. The first-order valence-electron chi connectivity index (χ1n) is 7.17. The fourth-order valence-electron chi connectivity index (χ4n) is 2.30. The summed E-state index contributed by atoms with van der Waals surface area (Å²) in [6, 6.07) is 11.4. The Morgan fingerprint density at radius 2 is 1.96 bits per heavy atom. The zero-order valence-electron chi connectivity index (χ0n) is 13.3. The van der Waals surface area contributed by atoms with Crippen LogP contribution in [0.4, 0.5) is 4.39 Å². The van der Waals surface area contributed by atoms with E-state index in [0.29, 0.717) is 12.3 Å². The van der Waals surface area contributed by atoms with E-state index in [0.717, 1.165) is 17.4 Å². The number of rotatable bonds is 6. The summed E-state index contributed by atoms with van der Waals surface area (Å²) in [6.07, 6.45) is 1.15. The predicted molar refractivity (Wildman–Crippen MR) is 87.8 cm³/mol. The summed E-state index contributed by atoms with van der Waals surface area (Å²) in [5.41, 5.74) is 1.74. The number of methoxy groups -OCH3 is 1.